The highest BCUT2D eigenvalue weighted by molar-refractivity contribution is 5.91. The highest BCUT2D eigenvalue weighted by atomic mass is 35.5. The average molecular weight is 353 g/mol. The molecule has 134 valence electrons. The fraction of sp³-hybridized carbons (Fsp3) is 0.667. The van der Waals surface area contributed by atoms with Crippen molar-refractivity contribution in [1.82, 2.24) is 15.2 Å². The van der Waals surface area contributed by atoms with Gasteiger partial charge in [-0.25, -0.2) is 4.98 Å². The van der Waals surface area contributed by atoms with Gasteiger partial charge < -0.3 is 15.5 Å². The summed E-state index contributed by atoms with van der Waals surface area (Å²) in [5, 5.41) is 6.43. The molecule has 0 radical (unpaired) electrons. The monoisotopic (exact) mass is 352 g/mol. The first kappa shape index (κ1) is 19.2. The van der Waals surface area contributed by atoms with E-state index in [1.54, 1.807) is 6.20 Å². The highest BCUT2D eigenvalue weighted by Crippen LogP contribution is 2.28. The molecular formula is C18H29ClN4O. The lowest BCUT2D eigenvalue weighted by atomic mass is 9.87. The van der Waals surface area contributed by atoms with Crippen molar-refractivity contribution in [1.29, 1.82) is 0 Å². The number of nitrogens with one attached hydrogen (secondary N) is 2. The van der Waals surface area contributed by atoms with Gasteiger partial charge >= 0.3 is 0 Å². The molecule has 2 aliphatic rings. The van der Waals surface area contributed by atoms with E-state index in [0.29, 0.717) is 11.2 Å². The van der Waals surface area contributed by atoms with E-state index in [0.717, 1.165) is 51.1 Å². The van der Waals surface area contributed by atoms with E-state index in [1.807, 2.05) is 19.1 Å². The molecule has 3 heterocycles. The second kappa shape index (κ2) is 8.28. The van der Waals surface area contributed by atoms with Gasteiger partial charge in [0.05, 0.1) is 5.92 Å². The quantitative estimate of drug-likeness (QED) is 0.874. The number of aromatic nitrogens is 1. The van der Waals surface area contributed by atoms with Crippen LogP contribution < -0.4 is 10.6 Å². The second-order valence-electron chi connectivity index (χ2n) is 7.52. The lowest BCUT2D eigenvalue weighted by molar-refractivity contribution is -0.121. The molecule has 2 saturated heterocycles. The van der Waals surface area contributed by atoms with E-state index in [-0.39, 0.29) is 24.2 Å². The lowest BCUT2D eigenvalue weighted by Crippen LogP contribution is -2.45. The largest absolute Gasteiger partial charge is 0.316 e. The van der Waals surface area contributed by atoms with Crippen LogP contribution in [0.25, 0.3) is 0 Å². The molecule has 1 aromatic rings. The first-order valence-electron chi connectivity index (χ1n) is 8.71. The van der Waals surface area contributed by atoms with Crippen LogP contribution in [0, 0.1) is 18.3 Å². The molecule has 6 heteroatoms. The molecule has 0 spiro atoms. The molecule has 0 aliphatic carbocycles. The number of piperidine rings is 1. The predicted octanol–water partition coefficient (Wildman–Crippen LogP) is 2.46. The smallest absolute Gasteiger partial charge is 0.229 e. The Bertz CT molecular complexity index is 542. The molecule has 2 N–H and O–H groups in total. The Morgan fingerprint density at radius 1 is 1.50 bits per heavy atom. The minimum Gasteiger partial charge on any atom is -0.316 e. The van der Waals surface area contributed by atoms with Gasteiger partial charge in [0.25, 0.3) is 0 Å². The number of nitrogens with zero attached hydrogens (tertiary/aromatic N) is 2. The number of carbonyl (C=O) groups is 1. The lowest BCUT2D eigenvalue weighted by Gasteiger charge is -2.37. The van der Waals surface area contributed by atoms with Crippen LogP contribution in [0.3, 0.4) is 0 Å². The third kappa shape index (κ3) is 4.91. The fourth-order valence-corrected chi connectivity index (χ4v) is 3.73. The minimum absolute atomic E-state index is 0. The Kier molecular flexibility index (Phi) is 6.61. The molecule has 2 atom stereocenters. The number of aryl methyl sites for hydroxylation is 1. The van der Waals surface area contributed by atoms with Crippen LogP contribution in [0.1, 0.15) is 31.7 Å². The normalized spacial score (nSPS) is 27.5. The van der Waals surface area contributed by atoms with Crippen molar-refractivity contribution in [3.63, 3.8) is 0 Å². The number of likely N-dealkylation sites (tertiary alicyclic amines) is 1. The number of rotatable bonds is 4. The van der Waals surface area contributed by atoms with Crippen LogP contribution in [-0.4, -0.2) is 48.5 Å². The third-order valence-electron chi connectivity index (χ3n) is 5.10. The van der Waals surface area contributed by atoms with E-state index in [2.05, 4.69) is 27.4 Å². The van der Waals surface area contributed by atoms with E-state index < -0.39 is 0 Å². The van der Waals surface area contributed by atoms with Crippen molar-refractivity contribution >= 4 is 24.1 Å². The van der Waals surface area contributed by atoms with Crippen LogP contribution in [0.15, 0.2) is 18.3 Å². The average Bonchev–Trinajstić information content (AvgIpc) is 2.96. The summed E-state index contributed by atoms with van der Waals surface area (Å²) in [6, 6.07) is 3.85. The number of carbonyl (C=O) groups excluding carboxylic acids is 1. The summed E-state index contributed by atoms with van der Waals surface area (Å²) in [6.07, 6.45) is 5.09. The first-order chi connectivity index (χ1) is 11.0. The Hall–Kier alpha value is -1.17. The van der Waals surface area contributed by atoms with E-state index in [9.17, 15) is 4.79 Å². The van der Waals surface area contributed by atoms with Crippen LogP contribution in [0.5, 0.6) is 0 Å². The molecule has 2 fully saturated rings. The second-order valence-corrected chi connectivity index (χ2v) is 7.52. The van der Waals surface area contributed by atoms with E-state index in [4.69, 9.17) is 0 Å². The standard InChI is InChI=1S/C18H28N4O.ClH/c1-14-5-6-16(20-10-14)21-17(23)15-4-3-9-22(11-15)13-18(2)7-8-19-12-18;/h5-6,10,15,19H,3-4,7-9,11-13H2,1-2H3,(H,20,21,23);1H. The Morgan fingerprint density at radius 2 is 2.33 bits per heavy atom. The molecule has 5 nitrogen and oxygen atoms in total. The minimum atomic E-state index is 0. The van der Waals surface area contributed by atoms with Gasteiger partial charge in [0.2, 0.25) is 5.91 Å². The van der Waals surface area contributed by atoms with Crippen molar-refractivity contribution in [3.05, 3.63) is 23.9 Å². The summed E-state index contributed by atoms with van der Waals surface area (Å²) in [5.74, 6) is 0.843. The predicted molar refractivity (Wildman–Crippen MR) is 99.6 cm³/mol. The molecule has 2 unspecified atom stereocenters. The van der Waals surface area contributed by atoms with E-state index in [1.165, 1.54) is 6.42 Å². The molecule has 2 aliphatic heterocycles. The van der Waals surface area contributed by atoms with E-state index >= 15 is 0 Å². The Morgan fingerprint density at radius 3 is 3.00 bits per heavy atom. The van der Waals surface area contributed by atoms with Crippen molar-refractivity contribution < 1.29 is 4.79 Å². The summed E-state index contributed by atoms with van der Waals surface area (Å²) < 4.78 is 0. The third-order valence-corrected chi connectivity index (χ3v) is 5.10. The van der Waals surface area contributed by atoms with Crippen LogP contribution >= 0.6 is 12.4 Å². The van der Waals surface area contributed by atoms with Crippen LogP contribution in [-0.2, 0) is 4.79 Å². The molecule has 0 saturated carbocycles. The van der Waals surface area contributed by atoms with Gasteiger partial charge in [0, 0.05) is 25.8 Å². The summed E-state index contributed by atoms with van der Waals surface area (Å²) >= 11 is 0. The first-order valence-corrected chi connectivity index (χ1v) is 8.71. The van der Waals surface area contributed by atoms with Crippen LogP contribution in [0.2, 0.25) is 0 Å². The summed E-state index contributed by atoms with van der Waals surface area (Å²) in [7, 11) is 0. The number of hydrogen-bond donors (Lipinski definition) is 2. The summed E-state index contributed by atoms with van der Waals surface area (Å²) in [4.78, 5) is 19.3. The number of hydrogen-bond acceptors (Lipinski definition) is 4. The number of pyridine rings is 1. The molecule has 24 heavy (non-hydrogen) atoms. The van der Waals surface area contributed by atoms with Gasteiger partial charge in [0.15, 0.2) is 0 Å². The SMILES string of the molecule is Cc1ccc(NC(=O)C2CCCN(CC3(C)CCNC3)C2)nc1.Cl. The van der Waals surface area contributed by atoms with Crippen molar-refractivity contribution in [2.45, 2.75) is 33.1 Å². The van der Waals surface area contributed by atoms with Gasteiger partial charge in [-0.05, 0) is 56.3 Å². The zero-order valence-electron chi connectivity index (χ0n) is 14.7. The Balaban J connectivity index is 0.00000208. The number of halogens is 1. The zero-order valence-corrected chi connectivity index (χ0v) is 15.5. The summed E-state index contributed by atoms with van der Waals surface area (Å²) in [5.41, 5.74) is 1.46. The fourth-order valence-electron chi connectivity index (χ4n) is 3.73. The van der Waals surface area contributed by atoms with Gasteiger partial charge in [-0.2, -0.15) is 0 Å². The summed E-state index contributed by atoms with van der Waals surface area (Å²) in [6.45, 7) is 9.63. The van der Waals surface area contributed by atoms with Crippen molar-refractivity contribution in [2.24, 2.45) is 11.3 Å². The number of anilines is 1. The molecule has 1 aromatic heterocycles. The number of amides is 1. The molecule has 0 aromatic carbocycles. The molecule has 1 amide bonds. The maximum Gasteiger partial charge on any atom is 0.229 e. The maximum absolute atomic E-state index is 12.5. The van der Waals surface area contributed by atoms with Gasteiger partial charge in [-0.15, -0.1) is 12.4 Å². The topological polar surface area (TPSA) is 57.3 Å². The van der Waals surface area contributed by atoms with Gasteiger partial charge in [-0.1, -0.05) is 13.0 Å². The van der Waals surface area contributed by atoms with Crippen LogP contribution in [0.4, 0.5) is 5.82 Å². The Labute approximate surface area is 151 Å². The molecular weight excluding hydrogens is 324 g/mol. The van der Waals surface area contributed by atoms with Gasteiger partial charge in [0.1, 0.15) is 5.82 Å². The van der Waals surface area contributed by atoms with Crippen molar-refractivity contribution in [3.8, 4) is 0 Å². The molecule has 3 rings (SSSR count). The highest BCUT2D eigenvalue weighted by Gasteiger charge is 2.33. The zero-order chi connectivity index (χ0) is 16.3. The maximum atomic E-state index is 12.5. The molecule has 0 bridgehead atoms. The van der Waals surface area contributed by atoms with Crippen molar-refractivity contribution in [2.75, 3.05) is 38.0 Å². The van der Waals surface area contributed by atoms with Gasteiger partial charge in [-0.3, -0.25) is 4.79 Å².